The molecule has 0 bridgehead atoms. The van der Waals surface area contributed by atoms with E-state index in [2.05, 4.69) is 70.5 Å². The van der Waals surface area contributed by atoms with Crippen LogP contribution in [0.3, 0.4) is 0 Å². The van der Waals surface area contributed by atoms with E-state index in [1.807, 2.05) is 12.1 Å². The minimum absolute atomic E-state index is 0.263. The van der Waals surface area contributed by atoms with E-state index in [1.54, 1.807) is 26.4 Å². The van der Waals surface area contributed by atoms with Gasteiger partial charge in [0.15, 0.2) is 11.5 Å². The van der Waals surface area contributed by atoms with Gasteiger partial charge in [-0.05, 0) is 35.2 Å². The molecule has 1 aliphatic heterocycles. The Balaban J connectivity index is 1.30. The van der Waals surface area contributed by atoms with Gasteiger partial charge in [0.25, 0.3) is 0 Å². The number of methoxy groups -OCH3 is 2. The minimum atomic E-state index is -0.992. The highest BCUT2D eigenvalue weighted by molar-refractivity contribution is 5.80. The summed E-state index contributed by atoms with van der Waals surface area (Å²) in [5.41, 5.74) is 3.48. The molecule has 0 saturated carbocycles. The van der Waals surface area contributed by atoms with Gasteiger partial charge in [0.1, 0.15) is 0 Å². The molecule has 0 aromatic heterocycles. The van der Waals surface area contributed by atoms with Crippen molar-refractivity contribution in [1.29, 1.82) is 0 Å². The first-order valence-electron chi connectivity index (χ1n) is 13.6. The van der Waals surface area contributed by atoms with Crippen LogP contribution in [0.1, 0.15) is 29.2 Å². The second-order valence-corrected chi connectivity index (χ2v) is 9.61. The predicted octanol–water partition coefficient (Wildman–Crippen LogP) is 5.53. The zero-order valence-corrected chi connectivity index (χ0v) is 23.2. The maximum absolute atomic E-state index is 10.6. The molecule has 0 atom stereocenters. The van der Waals surface area contributed by atoms with Crippen molar-refractivity contribution >= 4 is 12.0 Å². The molecule has 1 heterocycles. The molecular weight excluding hydrogens is 504 g/mol. The van der Waals surface area contributed by atoms with Crippen LogP contribution in [0, 0.1) is 0 Å². The van der Waals surface area contributed by atoms with Crippen LogP contribution >= 0.6 is 0 Å². The van der Waals surface area contributed by atoms with Crippen molar-refractivity contribution in [3.05, 3.63) is 108 Å². The number of piperazine rings is 1. The molecule has 210 valence electrons. The molecule has 7 nitrogen and oxygen atoms in total. The topological polar surface area (TPSA) is 71.5 Å². The van der Waals surface area contributed by atoms with Crippen molar-refractivity contribution in [2.24, 2.45) is 0 Å². The molecule has 0 radical (unpaired) electrons. The lowest BCUT2D eigenvalue weighted by Gasteiger charge is -2.39. The summed E-state index contributed by atoms with van der Waals surface area (Å²) in [4.78, 5) is 15.7. The van der Waals surface area contributed by atoms with Crippen molar-refractivity contribution in [3.63, 3.8) is 0 Å². The maximum atomic E-state index is 10.6. The second-order valence-electron chi connectivity index (χ2n) is 9.61. The van der Waals surface area contributed by atoms with Gasteiger partial charge in [-0.3, -0.25) is 4.90 Å². The Morgan fingerprint density at radius 1 is 0.875 bits per heavy atom. The number of benzene rings is 3. The van der Waals surface area contributed by atoms with Gasteiger partial charge < -0.3 is 24.2 Å². The van der Waals surface area contributed by atoms with E-state index in [-0.39, 0.29) is 6.04 Å². The number of carboxylic acid groups (broad SMARTS) is 1. The third kappa shape index (κ3) is 7.97. The minimum Gasteiger partial charge on any atom is -0.493 e. The zero-order chi connectivity index (χ0) is 28.2. The smallest absolute Gasteiger partial charge is 0.328 e. The van der Waals surface area contributed by atoms with Crippen LogP contribution in [0.4, 0.5) is 0 Å². The Bertz CT molecular complexity index is 1200. The van der Waals surface area contributed by atoms with E-state index in [9.17, 15) is 4.79 Å². The van der Waals surface area contributed by atoms with Gasteiger partial charge in [-0.2, -0.15) is 0 Å². The fraction of sp³-hybridized carbons (Fsp3) is 0.303. The molecule has 0 amide bonds. The third-order valence-electron chi connectivity index (χ3n) is 6.99. The summed E-state index contributed by atoms with van der Waals surface area (Å²) >= 11 is 0. The van der Waals surface area contributed by atoms with Crippen LogP contribution in [0.2, 0.25) is 0 Å². The van der Waals surface area contributed by atoms with Crippen LogP contribution in [-0.2, 0) is 4.79 Å². The Morgan fingerprint density at radius 3 is 1.98 bits per heavy atom. The van der Waals surface area contributed by atoms with Crippen LogP contribution in [0.15, 0.2) is 91.0 Å². The van der Waals surface area contributed by atoms with Gasteiger partial charge in [0, 0.05) is 38.8 Å². The number of allylic oxidation sites excluding steroid dienone is 2. The van der Waals surface area contributed by atoms with Gasteiger partial charge >= 0.3 is 5.97 Å². The predicted molar refractivity (Wildman–Crippen MR) is 158 cm³/mol. The van der Waals surface area contributed by atoms with Crippen LogP contribution in [0.5, 0.6) is 17.2 Å². The summed E-state index contributed by atoms with van der Waals surface area (Å²) in [6.45, 7) is 5.54. The van der Waals surface area contributed by atoms with Crippen LogP contribution in [0.25, 0.3) is 6.08 Å². The number of carboxylic acids is 1. The molecule has 1 aliphatic rings. The van der Waals surface area contributed by atoms with Gasteiger partial charge in [0.2, 0.25) is 5.75 Å². The zero-order valence-electron chi connectivity index (χ0n) is 23.2. The largest absolute Gasteiger partial charge is 0.493 e. The molecule has 1 saturated heterocycles. The van der Waals surface area contributed by atoms with Gasteiger partial charge in [-0.1, -0.05) is 78.9 Å². The fourth-order valence-electron chi connectivity index (χ4n) is 5.04. The Labute approximate surface area is 236 Å². The van der Waals surface area contributed by atoms with Crippen molar-refractivity contribution in [3.8, 4) is 17.2 Å². The molecule has 4 rings (SSSR count). The van der Waals surface area contributed by atoms with E-state index < -0.39 is 5.97 Å². The number of ether oxygens (including phenoxy) is 3. The molecular formula is C33H38N2O5. The standard InChI is InChI=1S/C33H38N2O5/c1-38-29-24-26(12-9-10-17-31(36)37)25-30(39-2)33(29)40-23-11-18-34-19-21-35(22-20-34)32(27-13-5-3-6-14-27)28-15-7-4-8-16-28/h3-10,12-17,24-25,32H,11,18-23H2,1-2H3,(H,36,37). The molecule has 1 N–H and O–H groups in total. The van der Waals surface area contributed by atoms with E-state index in [4.69, 9.17) is 19.3 Å². The molecule has 0 unspecified atom stereocenters. The van der Waals surface area contributed by atoms with Crippen molar-refractivity contribution in [1.82, 2.24) is 9.80 Å². The Morgan fingerprint density at radius 2 is 1.45 bits per heavy atom. The number of aliphatic carboxylic acids is 1. The lowest BCUT2D eigenvalue weighted by atomic mass is 9.96. The fourth-order valence-corrected chi connectivity index (χ4v) is 5.04. The molecule has 0 aliphatic carbocycles. The molecule has 3 aromatic carbocycles. The average molecular weight is 543 g/mol. The number of hydrogen-bond acceptors (Lipinski definition) is 6. The first-order valence-corrected chi connectivity index (χ1v) is 13.6. The molecule has 1 fully saturated rings. The quantitative estimate of drug-likeness (QED) is 0.173. The third-order valence-corrected chi connectivity index (χ3v) is 6.99. The van der Waals surface area contributed by atoms with Crippen molar-refractivity contribution in [2.45, 2.75) is 12.5 Å². The maximum Gasteiger partial charge on any atom is 0.328 e. The van der Waals surface area contributed by atoms with E-state index >= 15 is 0 Å². The first-order chi connectivity index (χ1) is 19.6. The molecule has 40 heavy (non-hydrogen) atoms. The number of hydrogen-bond donors (Lipinski definition) is 1. The summed E-state index contributed by atoms with van der Waals surface area (Å²) in [7, 11) is 3.19. The highest BCUT2D eigenvalue weighted by Gasteiger charge is 2.26. The highest BCUT2D eigenvalue weighted by atomic mass is 16.5. The van der Waals surface area contributed by atoms with Crippen molar-refractivity contribution < 1.29 is 24.1 Å². The summed E-state index contributed by atoms with van der Waals surface area (Å²) in [6, 6.07) is 25.5. The highest BCUT2D eigenvalue weighted by Crippen LogP contribution is 2.39. The van der Waals surface area contributed by atoms with E-state index in [0.717, 1.165) is 50.8 Å². The average Bonchev–Trinajstić information content (AvgIpc) is 2.99. The van der Waals surface area contributed by atoms with Gasteiger partial charge in [-0.25, -0.2) is 4.79 Å². The number of rotatable bonds is 13. The summed E-state index contributed by atoms with van der Waals surface area (Å²) in [5.74, 6) is 0.723. The Kier molecular flexibility index (Phi) is 10.8. The van der Waals surface area contributed by atoms with Gasteiger partial charge in [-0.15, -0.1) is 0 Å². The first kappa shape index (κ1) is 28.9. The lowest BCUT2D eigenvalue weighted by molar-refractivity contribution is -0.131. The van der Waals surface area contributed by atoms with Gasteiger partial charge in [0.05, 0.1) is 26.9 Å². The molecule has 3 aromatic rings. The number of carbonyl (C=O) groups is 1. The van der Waals surface area contributed by atoms with Crippen molar-refractivity contribution in [2.75, 3.05) is 53.6 Å². The monoisotopic (exact) mass is 542 g/mol. The van der Waals surface area contributed by atoms with E-state index in [1.165, 1.54) is 17.2 Å². The SMILES string of the molecule is COc1cc(C=CC=CC(=O)O)cc(OC)c1OCCCN1CCN(C(c2ccccc2)c2ccccc2)CC1. The molecule has 7 heteroatoms. The summed E-state index contributed by atoms with van der Waals surface area (Å²) in [5, 5.41) is 8.73. The molecule has 0 spiro atoms. The second kappa shape index (κ2) is 14.9. The van der Waals surface area contributed by atoms with Crippen LogP contribution < -0.4 is 14.2 Å². The van der Waals surface area contributed by atoms with E-state index in [0.29, 0.717) is 23.9 Å². The Hall–Kier alpha value is -4.07. The summed E-state index contributed by atoms with van der Waals surface area (Å²) < 4.78 is 17.2. The lowest BCUT2D eigenvalue weighted by Crippen LogP contribution is -2.48. The summed E-state index contributed by atoms with van der Waals surface area (Å²) in [6.07, 6.45) is 6.87. The number of nitrogens with zero attached hydrogens (tertiary/aromatic N) is 2. The normalized spacial score (nSPS) is 14.7. The van der Waals surface area contributed by atoms with Crippen LogP contribution in [-0.4, -0.2) is 74.4 Å².